The van der Waals surface area contributed by atoms with E-state index in [0.717, 1.165) is 27.8 Å². The van der Waals surface area contributed by atoms with Gasteiger partial charge in [-0.1, -0.05) is 152 Å². The minimum atomic E-state index is 0.490. The average molecular weight is 652 g/mol. The molecule has 4 nitrogen and oxygen atoms in total. The molecule has 0 aliphatic heterocycles. The molecule has 2 heterocycles. The van der Waals surface area contributed by atoms with E-state index in [1.807, 2.05) is 72.8 Å². The third kappa shape index (κ3) is 4.96. The molecule has 0 aliphatic carbocycles. The summed E-state index contributed by atoms with van der Waals surface area (Å²) in [5, 5.41) is 9.59. The zero-order valence-electron chi connectivity index (χ0n) is 27.5. The second kappa shape index (κ2) is 11.9. The van der Waals surface area contributed by atoms with Crippen molar-refractivity contribution >= 4 is 43.1 Å². The molecule has 238 valence electrons. The third-order valence-corrected chi connectivity index (χ3v) is 9.75. The van der Waals surface area contributed by atoms with Gasteiger partial charge in [-0.3, -0.25) is 0 Å². The van der Waals surface area contributed by atoms with Gasteiger partial charge in [0, 0.05) is 16.7 Å². The molecule has 4 heteroatoms. The molecule has 0 fully saturated rings. The average Bonchev–Trinajstić information content (AvgIpc) is 3.71. The first-order valence-corrected chi connectivity index (χ1v) is 17.1. The number of benzene rings is 8. The summed E-state index contributed by atoms with van der Waals surface area (Å²) in [6, 6.07) is 61.2. The fraction of sp³-hybridized carbons (Fsp3) is 0. The number of rotatable bonds is 5. The van der Waals surface area contributed by atoms with Crippen LogP contribution in [0, 0.1) is 0 Å². The maximum atomic E-state index is 6.70. The SMILES string of the molecule is c1ccc(-c2nc(-c3ccccc3)nc(-c3ccc(-c4cc5c6ccccc6c(-c6cccc7ccccc67)cc5c5ccccc45)o3)n2)cc1. The molecule has 0 saturated heterocycles. The Kier molecular flexibility index (Phi) is 6.78. The number of nitrogens with zero attached hydrogens (tertiary/aromatic N) is 3. The van der Waals surface area contributed by atoms with E-state index in [-0.39, 0.29) is 0 Å². The van der Waals surface area contributed by atoms with Crippen molar-refractivity contribution in [3.8, 4) is 56.8 Å². The van der Waals surface area contributed by atoms with E-state index in [2.05, 4.69) is 103 Å². The van der Waals surface area contributed by atoms with Crippen LogP contribution in [0.4, 0.5) is 0 Å². The van der Waals surface area contributed by atoms with Crippen molar-refractivity contribution < 1.29 is 4.42 Å². The molecule has 0 N–H and O–H groups in total. The quantitative estimate of drug-likeness (QED) is 0.174. The number of fused-ring (bicyclic) bond motifs is 6. The monoisotopic (exact) mass is 651 g/mol. The van der Waals surface area contributed by atoms with Gasteiger partial charge in [0.2, 0.25) is 0 Å². The molecule has 2 aromatic heterocycles. The van der Waals surface area contributed by atoms with E-state index in [0.29, 0.717) is 23.2 Å². The summed E-state index contributed by atoms with van der Waals surface area (Å²) in [5.74, 6) is 3.03. The molecule has 0 spiro atoms. The zero-order valence-corrected chi connectivity index (χ0v) is 27.5. The fourth-order valence-electron chi connectivity index (χ4n) is 7.36. The Labute approximate surface area is 294 Å². The Morgan fingerprint density at radius 3 is 1.41 bits per heavy atom. The molecular formula is C47H29N3O. The maximum Gasteiger partial charge on any atom is 0.199 e. The van der Waals surface area contributed by atoms with Gasteiger partial charge in [0.05, 0.1) is 0 Å². The summed E-state index contributed by atoms with van der Waals surface area (Å²) in [7, 11) is 0. The van der Waals surface area contributed by atoms with Gasteiger partial charge in [-0.25, -0.2) is 15.0 Å². The smallest absolute Gasteiger partial charge is 0.199 e. The minimum absolute atomic E-state index is 0.490. The van der Waals surface area contributed by atoms with Crippen LogP contribution in [0.5, 0.6) is 0 Å². The first-order chi connectivity index (χ1) is 25.3. The van der Waals surface area contributed by atoms with Gasteiger partial charge in [0.1, 0.15) is 5.76 Å². The topological polar surface area (TPSA) is 51.8 Å². The van der Waals surface area contributed by atoms with E-state index in [4.69, 9.17) is 19.4 Å². The van der Waals surface area contributed by atoms with Crippen molar-refractivity contribution in [2.75, 3.05) is 0 Å². The third-order valence-electron chi connectivity index (χ3n) is 9.75. The molecule has 0 bridgehead atoms. The molecule has 0 unspecified atom stereocenters. The standard InChI is InChI=1S/C47H29N3O/c1-3-15-31(16-4-1)45-48-46(32-17-5-2-6-18-32)50-47(49-45)44-27-26-43(51-44)42-29-41-36-22-10-9-21-35(36)39(28-40(41)37-23-11-12-24-38(37)42)34-25-13-19-30-14-7-8-20-33(30)34/h1-29H. The molecule has 0 atom stereocenters. The van der Waals surface area contributed by atoms with Crippen LogP contribution >= 0.6 is 0 Å². The number of hydrogen-bond donors (Lipinski definition) is 0. The molecule has 0 amide bonds. The molecule has 10 rings (SSSR count). The molecular weight excluding hydrogens is 623 g/mol. The maximum absolute atomic E-state index is 6.70. The van der Waals surface area contributed by atoms with E-state index in [1.54, 1.807) is 0 Å². The molecule has 8 aromatic carbocycles. The minimum Gasteiger partial charge on any atom is -0.453 e. The Bertz CT molecular complexity index is 2850. The lowest BCUT2D eigenvalue weighted by molar-refractivity contribution is 0.592. The number of aromatic nitrogens is 3. The van der Waals surface area contributed by atoms with Gasteiger partial charge in [-0.2, -0.15) is 0 Å². The van der Waals surface area contributed by atoms with Gasteiger partial charge in [-0.15, -0.1) is 0 Å². The first kappa shape index (κ1) is 29.0. The lowest BCUT2D eigenvalue weighted by atomic mass is 9.87. The van der Waals surface area contributed by atoms with Crippen LogP contribution in [-0.4, -0.2) is 15.0 Å². The van der Waals surface area contributed by atoms with E-state index < -0.39 is 0 Å². The lowest BCUT2D eigenvalue weighted by Crippen LogP contribution is -1.99. The van der Waals surface area contributed by atoms with Crippen LogP contribution in [0.3, 0.4) is 0 Å². The van der Waals surface area contributed by atoms with Crippen molar-refractivity contribution in [2.45, 2.75) is 0 Å². The Hall–Kier alpha value is -6.91. The van der Waals surface area contributed by atoms with Crippen molar-refractivity contribution in [1.82, 2.24) is 15.0 Å². The zero-order chi connectivity index (χ0) is 33.7. The Morgan fingerprint density at radius 1 is 0.294 bits per heavy atom. The first-order valence-electron chi connectivity index (χ1n) is 17.1. The molecule has 0 saturated carbocycles. The van der Waals surface area contributed by atoms with E-state index in [1.165, 1.54) is 48.8 Å². The summed E-state index contributed by atoms with van der Waals surface area (Å²) in [6.07, 6.45) is 0. The molecule has 10 aromatic rings. The van der Waals surface area contributed by atoms with Gasteiger partial charge in [0.25, 0.3) is 0 Å². The van der Waals surface area contributed by atoms with E-state index in [9.17, 15) is 0 Å². The molecule has 0 radical (unpaired) electrons. The van der Waals surface area contributed by atoms with Gasteiger partial charge < -0.3 is 4.42 Å². The lowest BCUT2D eigenvalue weighted by Gasteiger charge is -2.16. The second-order valence-corrected chi connectivity index (χ2v) is 12.8. The molecule has 51 heavy (non-hydrogen) atoms. The summed E-state index contributed by atoms with van der Waals surface area (Å²) in [6.45, 7) is 0. The van der Waals surface area contributed by atoms with Crippen LogP contribution < -0.4 is 0 Å². The Morgan fingerprint density at radius 2 is 0.765 bits per heavy atom. The van der Waals surface area contributed by atoms with Gasteiger partial charge in [0.15, 0.2) is 23.2 Å². The molecule has 0 aliphatic rings. The van der Waals surface area contributed by atoms with E-state index >= 15 is 0 Å². The van der Waals surface area contributed by atoms with Crippen molar-refractivity contribution in [2.24, 2.45) is 0 Å². The van der Waals surface area contributed by atoms with Crippen LogP contribution in [0.15, 0.2) is 180 Å². The van der Waals surface area contributed by atoms with Gasteiger partial charge >= 0.3 is 0 Å². The summed E-state index contributed by atoms with van der Waals surface area (Å²) < 4.78 is 6.70. The highest BCUT2D eigenvalue weighted by atomic mass is 16.3. The highest BCUT2D eigenvalue weighted by Gasteiger charge is 2.19. The number of hydrogen-bond acceptors (Lipinski definition) is 4. The Balaban J connectivity index is 1.17. The summed E-state index contributed by atoms with van der Waals surface area (Å²) >= 11 is 0. The largest absolute Gasteiger partial charge is 0.453 e. The van der Waals surface area contributed by atoms with Crippen molar-refractivity contribution in [1.29, 1.82) is 0 Å². The predicted octanol–water partition coefficient (Wildman–Crippen LogP) is 12.4. The summed E-state index contributed by atoms with van der Waals surface area (Å²) in [5.41, 5.74) is 5.32. The predicted molar refractivity (Wildman–Crippen MR) is 209 cm³/mol. The van der Waals surface area contributed by atoms with Crippen molar-refractivity contribution in [3.05, 3.63) is 176 Å². The highest BCUT2D eigenvalue weighted by Crippen LogP contribution is 2.43. The van der Waals surface area contributed by atoms with Crippen LogP contribution in [0.2, 0.25) is 0 Å². The summed E-state index contributed by atoms with van der Waals surface area (Å²) in [4.78, 5) is 14.7. The van der Waals surface area contributed by atoms with Crippen molar-refractivity contribution in [3.63, 3.8) is 0 Å². The second-order valence-electron chi connectivity index (χ2n) is 12.8. The van der Waals surface area contributed by atoms with Crippen LogP contribution in [-0.2, 0) is 0 Å². The normalized spacial score (nSPS) is 11.5. The van der Waals surface area contributed by atoms with Crippen LogP contribution in [0.1, 0.15) is 0 Å². The van der Waals surface area contributed by atoms with Gasteiger partial charge in [-0.05, 0) is 78.5 Å². The van der Waals surface area contributed by atoms with Crippen LogP contribution in [0.25, 0.3) is 99.9 Å². The number of furan rings is 1. The fourth-order valence-corrected chi connectivity index (χ4v) is 7.36. The highest BCUT2D eigenvalue weighted by molar-refractivity contribution is 6.24.